The van der Waals surface area contributed by atoms with E-state index in [4.69, 9.17) is 29.0 Å². The van der Waals surface area contributed by atoms with Crippen molar-refractivity contribution >= 4 is 35.1 Å². The summed E-state index contributed by atoms with van der Waals surface area (Å²) in [6.45, 7) is 0. The van der Waals surface area contributed by atoms with Gasteiger partial charge in [-0.3, -0.25) is 0 Å². The van der Waals surface area contributed by atoms with Crippen LogP contribution in [0.3, 0.4) is 0 Å². The molecule has 0 saturated heterocycles. The lowest BCUT2D eigenvalue weighted by atomic mass is 9.75. The Labute approximate surface area is 214 Å². The van der Waals surface area contributed by atoms with Crippen molar-refractivity contribution in [3.8, 4) is 11.8 Å². The number of hydrogen-bond acceptors (Lipinski definition) is 5. The maximum Gasteiger partial charge on any atom is 0.225 e. The summed E-state index contributed by atoms with van der Waals surface area (Å²) in [6, 6.07) is 28.0. The summed E-state index contributed by atoms with van der Waals surface area (Å²) in [6.07, 6.45) is 1.91. The summed E-state index contributed by atoms with van der Waals surface area (Å²) in [4.78, 5) is 0. The van der Waals surface area contributed by atoms with Crippen LogP contribution < -0.4 is 14.6 Å². The van der Waals surface area contributed by atoms with Crippen LogP contribution in [0.15, 0.2) is 102 Å². The van der Waals surface area contributed by atoms with Crippen LogP contribution in [0.25, 0.3) is 10.9 Å². The first-order valence-electron chi connectivity index (χ1n) is 11.1. The first kappa shape index (κ1) is 23.1. The predicted octanol–water partition coefficient (Wildman–Crippen LogP) is 4.84. The van der Waals surface area contributed by atoms with Crippen LogP contribution in [0.1, 0.15) is 23.1 Å². The van der Waals surface area contributed by atoms with Crippen molar-refractivity contribution in [2.45, 2.75) is 17.7 Å². The van der Waals surface area contributed by atoms with Gasteiger partial charge in [0.2, 0.25) is 17.3 Å². The molecule has 1 aromatic heterocycles. The second kappa shape index (κ2) is 9.20. The van der Waals surface area contributed by atoms with Gasteiger partial charge in [0.05, 0.1) is 19.1 Å². The maximum atomic E-state index is 12.4. The van der Waals surface area contributed by atoms with Gasteiger partial charge in [0, 0.05) is 33.7 Å². The predicted molar refractivity (Wildman–Crippen MR) is 137 cm³/mol. The number of halogens is 1. The molecule has 1 aliphatic rings. The summed E-state index contributed by atoms with van der Waals surface area (Å²) >= 11 is 11.9. The largest absolute Gasteiger partial charge is 0.762 e. The Morgan fingerprint density at radius 2 is 1.80 bits per heavy atom. The number of methoxy groups -OCH3 is 1. The van der Waals surface area contributed by atoms with E-state index in [0.29, 0.717) is 21.9 Å². The van der Waals surface area contributed by atoms with E-state index in [9.17, 15) is 10.4 Å². The number of benzene rings is 3. The topological polar surface area (TPSA) is 69.2 Å². The van der Waals surface area contributed by atoms with Crippen molar-refractivity contribution in [2.75, 3.05) is 7.11 Å². The summed E-state index contributed by atoms with van der Waals surface area (Å²) in [7, 11) is 1.61. The molecule has 174 valence electrons. The van der Waals surface area contributed by atoms with Crippen LogP contribution in [0.2, 0.25) is 5.02 Å². The lowest BCUT2D eigenvalue weighted by molar-refractivity contribution is -0.720. The van der Waals surface area contributed by atoms with Gasteiger partial charge in [0.15, 0.2) is 6.20 Å². The van der Waals surface area contributed by atoms with Crippen LogP contribution in [0, 0.1) is 11.3 Å². The minimum atomic E-state index is -1.61. The lowest BCUT2D eigenvalue weighted by Gasteiger charge is -2.45. The van der Waals surface area contributed by atoms with Crippen LogP contribution in [-0.4, -0.2) is 12.2 Å². The molecule has 7 heteroatoms. The maximum absolute atomic E-state index is 12.4. The molecule has 2 N–H and O–H groups in total. The fourth-order valence-electron chi connectivity index (χ4n) is 4.89. The van der Waals surface area contributed by atoms with Crippen molar-refractivity contribution in [1.29, 1.82) is 5.26 Å². The van der Waals surface area contributed by atoms with Crippen molar-refractivity contribution in [1.82, 2.24) is 5.32 Å². The highest BCUT2D eigenvalue weighted by Gasteiger charge is 2.54. The van der Waals surface area contributed by atoms with E-state index in [0.717, 1.165) is 16.5 Å². The van der Waals surface area contributed by atoms with Gasteiger partial charge in [-0.15, -0.1) is 0 Å². The summed E-state index contributed by atoms with van der Waals surface area (Å²) in [5.41, 5.74) is 1.11. The molecule has 0 amide bonds. The second-order valence-electron chi connectivity index (χ2n) is 8.43. The molecule has 2 heterocycles. The number of allylic oxidation sites excluding steroid dienone is 1. The average molecular weight is 500 g/mol. The van der Waals surface area contributed by atoms with Gasteiger partial charge in [-0.1, -0.05) is 59.1 Å². The molecule has 0 bridgehead atoms. The third-order valence-electron chi connectivity index (χ3n) is 6.50. The highest BCUT2D eigenvalue weighted by atomic mass is 35.5. The van der Waals surface area contributed by atoms with E-state index in [1.165, 1.54) is 0 Å². The molecule has 5 nitrogen and oxygen atoms in total. The average Bonchev–Trinajstić information content (AvgIpc) is 2.88. The van der Waals surface area contributed by atoms with E-state index in [2.05, 4.69) is 11.4 Å². The van der Waals surface area contributed by atoms with Gasteiger partial charge in [0.25, 0.3) is 0 Å². The first-order chi connectivity index (χ1) is 17.0. The third kappa shape index (κ3) is 3.98. The third-order valence-corrected chi connectivity index (χ3v) is 7.06. The van der Waals surface area contributed by atoms with Gasteiger partial charge in [0.1, 0.15) is 5.75 Å². The Morgan fingerprint density at radius 1 is 1.06 bits per heavy atom. The van der Waals surface area contributed by atoms with Crippen molar-refractivity contribution in [3.63, 3.8) is 0 Å². The number of aliphatic hydroxyl groups is 1. The normalized spacial score (nSPS) is 21.9. The highest BCUT2D eigenvalue weighted by molar-refractivity contribution is 7.63. The van der Waals surface area contributed by atoms with Crippen molar-refractivity contribution in [3.05, 3.63) is 118 Å². The number of ether oxygens (including phenoxy) is 1. The molecular formula is C28H22ClN3O2S. The van der Waals surface area contributed by atoms with Gasteiger partial charge in [-0.05, 0) is 35.9 Å². The second-order valence-corrected chi connectivity index (χ2v) is 9.27. The smallest absolute Gasteiger partial charge is 0.225 e. The summed E-state index contributed by atoms with van der Waals surface area (Å²) in [5.74, 6) is 0.155. The van der Waals surface area contributed by atoms with Crippen molar-refractivity contribution < 1.29 is 14.4 Å². The van der Waals surface area contributed by atoms with Gasteiger partial charge < -0.3 is 27.8 Å². The number of nitrogens with zero attached hydrogens (tertiary/aromatic N) is 2. The molecular weight excluding hydrogens is 478 g/mol. The fraction of sp³-hybridized carbons (Fsp3) is 0.143. The standard InChI is InChI=1S/C28H22ClN3O2S/c1-34-22-12-9-18(10-13-22)25-23(17-30)27(35)31-28(33,20-7-3-2-4-8-20)26(25)32-15-5-6-19-16-21(29)11-14-24(19)32/h2-16,25-26,31,33H,1H3/t25-,26+,28+/m0/s1. The zero-order valence-corrected chi connectivity index (χ0v) is 20.4. The number of pyridine rings is 1. The van der Waals surface area contributed by atoms with E-state index in [1.807, 2.05) is 95.7 Å². The quantitative estimate of drug-likeness (QED) is 0.310. The van der Waals surface area contributed by atoms with E-state index < -0.39 is 17.7 Å². The van der Waals surface area contributed by atoms with Gasteiger partial charge in [-0.25, -0.2) is 0 Å². The number of aromatic nitrogens is 1. The number of rotatable bonds is 4. The van der Waals surface area contributed by atoms with Crippen LogP contribution in [0.4, 0.5) is 0 Å². The first-order valence-corrected chi connectivity index (χ1v) is 11.9. The number of hydrogen-bond donors (Lipinski definition) is 2. The molecule has 0 aliphatic carbocycles. The Kier molecular flexibility index (Phi) is 6.08. The molecule has 3 aromatic carbocycles. The van der Waals surface area contributed by atoms with E-state index in [-0.39, 0.29) is 5.03 Å². The molecule has 0 unspecified atom stereocenters. The molecule has 4 aromatic rings. The van der Waals surface area contributed by atoms with E-state index >= 15 is 0 Å². The zero-order valence-electron chi connectivity index (χ0n) is 18.9. The van der Waals surface area contributed by atoms with E-state index in [1.54, 1.807) is 7.11 Å². The Hall–Kier alpha value is -3.63. The van der Waals surface area contributed by atoms with Gasteiger partial charge >= 0.3 is 0 Å². The molecule has 0 saturated carbocycles. The van der Waals surface area contributed by atoms with Crippen LogP contribution >= 0.6 is 11.6 Å². The molecule has 0 spiro atoms. The molecule has 1 aliphatic heterocycles. The SMILES string of the molecule is COc1ccc([C@H]2C(C#N)=C([S-])N[C@@](O)(c3ccccc3)[C@@H]2[n+]2cccc3cc(Cl)ccc32)cc1. The van der Waals surface area contributed by atoms with Crippen molar-refractivity contribution in [2.24, 2.45) is 0 Å². The van der Waals surface area contributed by atoms with Crippen LogP contribution in [0.5, 0.6) is 5.75 Å². The fourth-order valence-corrected chi connectivity index (χ4v) is 5.40. The molecule has 3 atom stereocenters. The van der Waals surface area contributed by atoms with Crippen LogP contribution in [-0.2, 0) is 18.4 Å². The lowest BCUT2D eigenvalue weighted by Crippen LogP contribution is -2.62. The summed E-state index contributed by atoms with van der Waals surface area (Å²) in [5, 5.41) is 27.5. The monoisotopic (exact) mass is 499 g/mol. The van der Waals surface area contributed by atoms with Gasteiger partial charge in [-0.2, -0.15) is 9.83 Å². The molecule has 0 fully saturated rings. The minimum absolute atomic E-state index is 0.222. The number of nitriles is 1. The Balaban J connectivity index is 1.84. The zero-order chi connectivity index (χ0) is 24.6. The molecule has 0 radical (unpaired) electrons. The molecule has 5 rings (SSSR count). The Morgan fingerprint density at radius 3 is 2.49 bits per heavy atom. The molecule has 35 heavy (non-hydrogen) atoms. The Bertz CT molecular complexity index is 1470. The number of fused-ring (bicyclic) bond motifs is 1. The summed E-state index contributed by atoms with van der Waals surface area (Å²) < 4.78 is 7.34. The minimum Gasteiger partial charge on any atom is -0.762 e. The highest BCUT2D eigenvalue weighted by Crippen LogP contribution is 2.47. The number of nitrogens with one attached hydrogen (secondary N) is 1.